The zero-order chi connectivity index (χ0) is 18.9. The summed E-state index contributed by atoms with van der Waals surface area (Å²) in [6, 6.07) is 6.71. The number of halogens is 1. The molecule has 0 aliphatic heterocycles. The number of nitrogens with two attached hydrogens (primary N) is 1. The third-order valence-corrected chi connectivity index (χ3v) is 6.14. The molecule has 0 unspecified atom stereocenters. The largest absolute Gasteiger partial charge is 0.370 e. The van der Waals surface area contributed by atoms with Crippen molar-refractivity contribution in [2.24, 2.45) is 10.7 Å². The van der Waals surface area contributed by atoms with Crippen LogP contribution in [0, 0.1) is 0 Å². The molecule has 0 aliphatic carbocycles. The van der Waals surface area contributed by atoms with Gasteiger partial charge in [0.2, 0.25) is 10.0 Å². The minimum absolute atomic E-state index is 0. The Bertz CT molecular complexity index is 646. The number of guanidine groups is 1. The Morgan fingerprint density at radius 3 is 2.35 bits per heavy atom. The maximum absolute atomic E-state index is 12.4. The van der Waals surface area contributed by atoms with Gasteiger partial charge in [0, 0.05) is 19.6 Å². The predicted octanol–water partition coefficient (Wildman–Crippen LogP) is 3.32. The number of unbranched alkanes of at least 4 members (excludes halogenated alkanes) is 3. The van der Waals surface area contributed by atoms with Gasteiger partial charge in [0.25, 0.3) is 0 Å². The van der Waals surface area contributed by atoms with Crippen LogP contribution in [0.1, 0.15) is 52.0 Å². The summed E-state index contributed by atoms with van der Waals surface area (Å²) in [6.07, 6.45) is 4.72. The van der Waals surface area contributed by atoms with Crippen LogP contribution in [0.5, 0.6) is 0 Å². The van der Waals surface area contributed by atoms with Gasteiger partial charge in [-0.1, -0.05) is 38.3 Å². The molecule has 150 valence electrons. The first-order valence-electron chi connectivity index (χ1n) is 8.89. The molecule has 0 fully saturated rings. The molecule has 1 rings (SSSR count). The first kappa shape index (κ1) is 25.1. The molecular formula is C18H33IN4O2S. The molecule has 0 radical (unpaired) electrons. The lowest BCUT2D eigenvalue weighted by atomic mass is 10.2. The lowest BCUT2D eigenvalue weighted by Crippen LogP contribution is -2.33. The molecule has 26 heavy (non-hydrogen) atoms. The van der Waals surface area contributed by atoms with E-state index in [0.717, 1.165) is 18.5 Å². The third-order valence-electron chi connectivity index (χ3n) is 4.10. The Morgan fingerprint density at radius 2 is 1.81 bits per heavy atom. The van der Waals surface area contributed by atoms with Crippen LogP contribution < -0.4 is 11.1 Å². The fourth-order valence-electron chi connectivity index (χ4n) is 2.21. The fourth-order valence-corrected chi connectivity index (χ4v) is 3.58. The highest BCUT2D eigenvalue weighted by atomic mass is 127. The van der Waals surface area contributed by atoms with Crippen molar-refractivity contribution in [3.8, 4) is 0 Å². The number of aliphatic imine (C=N–C) groups is 1. The first-order valence-corrected chi connectivity index (χ1v) is 10.3. The van der Waals surface area contributed by atoms with Crippen molar-refractivity contribution in [3.05, 3.63) is 29.8 Å². The minimum Gasteiger partial charge on any atom is -0.370 e. The maximum Gasteiger partial charge on any atom is 0.243 e. The SMILES string of the molecule is CCCCCCNC(N)=NCc1ccc(S(=O)(=O)N(C)C(C)C)cc1.I. The molecule has 0 atom stereocenters. The minimum atomic E-state index is -3.45. The van der Waals surface area contributed by atoms with Crippen molar-refractivity contribution in [3.63, 3.8) is 0 Å². The van der Waals surface area contributed by atoms with Gasteiger partial charge in [0.1, 0.15) is 0 Å². The van der Waals surface area contributed by atoms with E-state index in [0.29, 0.717) is 17.4 Å². The van der Waals surface area contributed by atoms with Crippen LogP contribution in [0.15, 0.2) is 34.2 Å². The second-order valence-corrected chi connectivity index (χ2v) is 8.45. The van der Waals surface area contributed by atoms with Gasteiger partial charge in [0.05, 0.1) is 11.4 Å². The topological polar surface area (TPSA) is 87.8 Å². The second-order valence-electron chi connectivity index (χ2n) is 6.45. The fraction of sp³-hybridized carbons (Fsp3) is 0.611. The Balaban J connectivity index is 0.00000625. The van der Waals surface area contributed by atoms with Crippen LogP contribution >= 0.6 is 24.0 Å². The molecule has 0 amide bonds. The van der Waals surface area contributed by atoms with E-state index in [2.05, 4.69) is 17.2 Å². The molecule has 1 aromatic rings. The number of rotatable bonds is 10. The molecule has 0 spiro atoms. The lowest BCUT2D eigenvalue weighted by Gasteiger charge is -2.21. The highest BCUT2D eigenvalue weighted by molar-refractivity contribution is 14.0. The summed E-state index contributed by atoms with van der Waals surface area (Å²) in [7, 11) is -1.86. The Hall–Kier alpha value is -0.870. The molecule has 6 nitrogen and oxygen atoms in total. The smallest absolute Gasteiger partial charge is 0.243 e. The van der Waals surface area contributed by atoms with Crippen molar-refractivity contribution in [2.45, 2.75) is 63.9 Å². The van der Waals surface area contributed by atoms with Crippen LogP contribution in [0.2, 0.25) is 0 Å². The standard InChI is InChI=1S/C18H32N4O2S.HI/c1-5-6-7-8-13-20-18(19)21-14-16-9-11-17(12-10-16)25(23,24)22(4)15(2)3;/h9-12,15H,5-8,13-14H2,1-4H3,(H3,19,20,21);1H. The third kappa shape index (κ3) is 8.22. The zero-order valence-corrected chi connectivity index (χ0v) is 19.4. The first-order chi connectivity index (χ1) is 11.8. The van der Waals surface area contributed by atoms with Gasteiger partial charge in [-0.25, -0.2) is 13.4 Å². The molecule has 0 bridgehead atoms. The highest BCUT2D eigenvalue weighted by Crippen LogP contribution is 2.17. The molecule has 0 saturated heterocycles. The number of hydrogen-bond donors (Lipinski definition) is 2. The van der Waals surface area contributed by atoms with Gasteiger partial charge >= 0.3 is 0 Å². The van der Waals surface area contributed by atoms with Crippen molar-refractivity contribution in [1.82, 2.24) is 9.62 Å². The van der Waals surface area contributed by atoms with E-state index in [1.165, 1.54) is 23.6 Å². The van der Waals surface area contributed by atoms with Gasteiger partial charge < -0.3 is 11.1 Å². The second kappa shape index (κ2) is 12.5. The number of hydrogen-bond acceptors (Lipinski definition) is 3. The van der Waals surface area contributed by atoms with Gasteiger partial charge in [-0.05, 0) is 38.0 Å². The van der Waals surface area contributed by atoms with E-state index in [9.17, 15) is 8.42 Å². The lowest BCUT2D eigenvalue weighted by molar-refractivity contribution is 0.410. The quantitative estimate of drug-likeness (QED) is 0.225. The highest BCUT2D eigenvalue weighted by Gasteiger charge is 2.22. The average molecular weight is 496 g/mol. The molecule has 0 saturated carbocycles. The normalized spacial score (nSPS) is 12.3. The van der Waals surface area contributed by atoms with Gasteiger partial charge in [-0.2, -0.15) is 4.31 Å². The average Bonchev–Trinajstić information content (AvgIpc) is 2.59. The summed E-state index contributed by atoms with van der Waals surface area (Å²) in [5, 5.41) is 3.10. The molecule has 1 aromatic carbocycles. The monoisotopic (exact) mass is 496 g/mol. The zero-order valence-electron chi connectivity index (χ0n) is 16.2. The van der Waals surface area contributed by atoms with Crippen molar-refractivity contribution in [1.29, 1.82) is 0 Å². The summed E-state index contributed by atoms with van der Waals surface area (Å²) in [5.74, 6) is 0.424. The van der Waals surface area contributed by atoms with Crippen LogP contribution in [-0.2, 0) is 16.6 Å². The van der Waals surface area contributed by atoms with E-state index in [-0.39, 0.29) is 30.0 Å². The molecule has 0 aromatic heterocycles. The van der Waals surface area contributed by atoms with E-state index < -0.39 is 10.0 Å². The van der Waals surface area contributed by atoms with Gasteiger partial charge in [-0.3, -0.25) is 0 Å². The van der Waals surface area contributed by atoms with Crippen LogP contribution in [0.25, 0.3) is 0 Å². The predicted molar refractivity (Wildman–Crippen MR) is 119 cm³/mol. The Kier molecular flexibility index (Phi) is 12.1. The van der Waals surface area contributed by atoms with E-state index >= 15 is 0 Å². The number of nitrogens with one attached hydrogen (secondary N) is 1. The van der Waals surface area contributed by atoms with Gasteiger partial charge in [-0.15, -0.1) is 24.0 Å². The molecule has 3 N–H and O–H groups in total. The molecule has 0 heterocycles. The number of benzene rings is 1. The number of sulfonamides is 1. The van der Waals surface area contributed by atoms with Crippen molar-refractivity contribution >= 4 is 40.0 Å². The molecule has 8 heteroatoms. The van der Waals surface area contributed by atoms with E-state index in [1.54, 1.807) is 31.3 Å². The maximum atomic E-state index is 12.4. The Labute approximate surface area is 175 Å². The number of nitrogens with zero attached hydrogens (tertiary/aromatic N) is 2. The van der Waals surface area contributed by atoms with E-state index in [4.69, 9.17) is 5.73 Å². The summed E-state index contributed by atoms with van der Waals surface area (Å²) in [6.45, 7) is 7.13. The summed E-state index contributed by atoms with van der Waals surface area (Å²) >= 11 is 0. The van der Waals surface area contributed by atoms with Gasteiger partial charge in [0.15, 0.2) is 5.96 Å². The van der Waals surface area contributed by atoms with E-state index in [1.807, 2.05) is 13.8 Å². The summed E-state index contributed by atoms with van der Waals surface area (Å²) in [4.78, 5) is 4.58. The van der Waals surface area contributed by atoms with Crippen LogP contribution in [-0.4, -0.2) is 38.3 Å². The summed E-state index contributed by atoms with van der Waals surface area (Å²) in [5.41, 5.74) is 6.76. The Morgan fingerprint density at radius 1 is 1.19 bits per heavy atom. The summed E-state index contributed by atoms with van der Waals surface area (Å²) < 4.78 is 26.2. The molecular weight excluding hydrogens is 463 g/mol. The van der Waals surface area contributed by atoms with Crippen molar-refractivity contribution in [2.75, 3.05) is 13.6 Å². The molecule has 0 aliphatic rings. The van der Waals surface area contributed by atoms with Crippen molar-refractivity contribution < 1.29 is 8.42 Å². The van der Waals surface area contributed by atoms with Crippen LogP contribution in [0.3, 0.4) is 0 Å². The van der Waals surface area contributed by atoms with Crippen LogP contribution in [0.4, 0.5) is 0 Å².